The van der Waals surface area contributed by atoms with E-state index in [1.165, 1.54) is 0 Å². The van der Waals surface area contributed by atoms with Crippen molar-refractivity contribution in [2.45, 2.75) is 6.92 Å². The van der Waals surface area contributed by atoms with E-state index in [2.05, 4.69) is 5.10 Å². The van der Waals surface area contributed by atoms with E-state index in [0.717, 1.165) is 11.1 Å². The summed E-state index contributed by atoms with van der Waals surface area (Å²) in [6.45, 7) is 1.79. The molecule has 0 spiro atoms. The molecular weight excluding hydrogens is 226 g/mol. The van der Waals surface area contributed by atoms with Gasteiger partial charge in [-0.05, 0) is 30.2 Å². The first-order valence-electron chi connectivity index (χ1n) is 4.77. The van der Waals surface area contributed by atoms with Crippen LogP contribution >= 0.6 is 11.6 Å². The summed E-state index contributed by atoms with van der Waals surface area (Å²) in [6.07, 6.45) is 1.68. The van der Waals surface area contributed by atoms with Gasteiger partial charge in [-0.3, -0.25) is 4.68 Å². The Balaban J connectivity index is 2.61. The molecule has 1 aromatic heterocycles. The Morgan fingerprint density at radius 2 is 2.12 bits per heavy atom. The molecule has 4 nitrogen and oxygen atoms in total. The number of phenols is 1. The van der Waals surface area contributed by atoms with E-state index in [9.17, 15) is 5.11 Å². The van der Waals surface area contributed by atoms with Crippen LogP contribution in [0, 0.1) is 6.92 Å². The van der Waals surface area contributed by atoms with E-state index >= 15 is 0 Å². The molecule has 0 amide bonds. The van der Waals surface area contributed by atoms with Gasteiger partial charge in [0.15, 0.2) is 0 Å². The first-order chi connectivity index (χ1) is 7.50. The van der Waals surface area contributed by atoms with Crippen molar-refractivity contribution in [1.82, 2.24) is 9.78 Å². The third kappa shape index (κ3) is 1.61. The van der Waals surface area contributed by atoms with Crippen LogP contribution in [0.25, 0.3) is 11.1 Å². The molecule has 5 heteroatoms. The Hall–Kier alpha value is -1.68. The monoisotopic (exact) mass is 237 g/mol. The van der Waals surface area contributed by atoms with Crippen molar-refractivity contribution in [1.29, 1.82) is 0 Å². The van der Waals surface area contributed by atoms with Crippen molar-refractivity contribution in [2.75, 3.05) is 5.73 Å². The zero-order valence-corrected chi connectivity index (χ0v) is 9.78. The predicted octanol–water partition coefficient (Wildman–Crippen LogP) is 2.34. The fraction of sp³-hybridized carbons (Fsp3) is 0.182. The van der Waals surface area contributed by atoms with Gasteiger partial charge in [-0.15, -0.1) is 0 Å². The van der Waals surface area contributed by atoms with Crippen molar-refractivity contribution >= 4 is 17.4 Å². The fourth-order valence-corrected chi connectivity index (χ4v) is 1.83. The smallest absolute Gasteiger partial charge is 0.137 e. The molecule has 0 saturated heterocycles. The summed E-state index contributed by atoms with van der Waals surface area (Å²) in [5, 5.41) is 13.9. The molecule has 0 saturated carbocycles. The number of nitrogens with two attached hydrogens (primary N) is 1. The van der Waals surface area contributed by atoms with E-state index < -0.39 is 0 Å². The standard InChI is InChI=1S/C11H12ClN3O/c1-6-3-7(4-9(12)10(6)16)8-5-14-15(2)11(8)13/h3-5,16H,13H2,1-2H3. The maximum absolute atomic E-state index is 9.57. The molecule has 0 radical (unpaired) electrons. The highest BCUT2D eigenvalue weighted by Gasteiger charge is 2.11. The number of nitrogens with zero attached hydrogens (tertiary/aromatic N) is 2. The van der Waals surface area contributed by atoms with E-state index in [1.807, 2.05) is 6.07 Å². The third-order valence-corrected chi connectivity index (χ3v) is 2.84. The van der Waals surface area contributed by atoms with E-state index in [1.54, 1.807) is 30.9 Å². The minimum atomic E-state index is 0.105. The lowest BCUT2D eigenvalue weighted by Crippen LogP contribution is -1.98. The van der Waals surface area contributed by atoms with Gasteiger partial charge < -0.3 is 10.8 Å². The Morgan fingerprint density at radius 3 is 2.62 bits per heavy atom. The number of aryl methyl sites for hydroxylation is 2. The summed E-state index contributed by atoms with van der Waals surface area (Å²) in [5.74, 6) is 0.675. The average Bonchev–Trinajstić information content (AvgIpc) is 2.56. The molecule has 0 aliphatic rings. The van der Waals surface area contributed by atoms with Gasteiger partial charge in [-0.1, -0.05) is 11.6 Å². The van der Waals surface area contributed by atoms with Crippen molar-refractivity contribution < 1.29 is 5.11 Å². The minimum absolute atomic E-state index is 0.105. The lowest BCUT2D eigenvalue weighted by molar-refractivity contribution is 0.471. The highest BCUT2D eigenvalue weighted by Crippen LogP contribution is 2.34. The highest BCUT2D eigenvalue weighted by atomic mass is 35.5. The molecule has 2 rings (SSSR count). The van der Waals surface area contributed by atoms with Crippen LogP contribution in [0.15, 0.2) is 18.3 Å². The van der Waals surface area contributed by atoms with E-state index in [0.29, 0.717) is 16.4 Å². The summed E-state index contributed by atoms with van der Waals surface area (Å²) in [5.41, 5.74) is 8.25. The normalized spacial score (nSPS) is 10.7. The molecular formula is C11H12ClN3O. The number of aromatic nitrogens is 2. The summed E-state index contributed by atoms with van der Waals surface area (Å²) in [4.78, 5) is 0. The van der Waals surface area contributed by atoms with E-state index in [4.69, 9.17) is 17.3 Å². The van der Waals surface area contributed by atoms with Crippen molar-refractivity contribution in [3.05, 3.63) is 28.9 Å². The second-order valence-corrected chi connectivity index (χ2v) is 4.10. The maximum Gasteiger partial charge on any atom is 0.137 e. The average molecular weight is 238 g/mol. The van der Waals surface area contributed by atoms with Crippen LogP contribution in [0.1, 0.15) is 5.56 Å². The van der Waals surface area contributed by atoms with Gasteiger partial charge in [0.25, 0.3) is 0 Å². The van der Waals surface area contributed by atoms with Gasteiger partial charge in [0, 0.05) is 12.6 Å². The van der Waals surface area contributed by atoms with Gasteiger partial charge in [-0.2, -0.15) is 5.10 Å². The number of nitrogen functional groups attached to an aromatic ring is 1. The lowest BCUT2D eigenvalue weighted by atomic mass is 10.1. The molecule has 1 heterocycles. The number of benzene rings is 1. The molecule has 1 aromatic carbocycles. The SMILES string of the molecule is Cc1cc(-c2cnn(C)c2N)cc(Cl)c1O. The lowest BCUT2D eigenvalue weighted by Gasteiger charge is -2.06. The third-order valence-electron chi connectivity index (χ3n) is 2.55. The highest BCUT2D eigenvalue weighted by molar-refractivity contribution is 6.32. The number of aromatic hydroxyl groups is 1. The Kier molecular flexibility index (Phi) is 2.52. The first kappa shape index (κ1) is 10.8. The number of hydrogen-bond donors (Lipinski definition) is 2. The molecule has 16 heavy (non-hydrogen) atoms. The molecule has 0 fully saturated rings. The molecule has 0 aliphatic heterocycles. The molecule has 0 atom stereocenters. The quantitative estimate of drug-likeness (QED) is 0.800. The summed E-state index contributed by atoms with van der Waals surface area (Å²) >= 11 is 5.91. The van der Waals surface area contributed by atoms with Crippen molar-refractivity contribution in [3.8, 4) is 16.9 Å². The van der Waals surface area contributed by atoms with Crippen LogP contribution < -0.4 is 5.73 Å². The van der Waals surface area contributed by atoms with Crippen molar-refractivity contribution in [3.63, 3.8) is 0 Å². The topological polar surface area (TPSA) is 64.1 Å². The predicted molar refractivity (Wildman–Crippen MR) is 64.5 cm³/mol. The molecule has 2 aromatic rings. The van der Waals surface area contributed by atoms with Crippen LogP contribution in [0.4, 0.5) is 5.82 Å². The number of anilines is 1. The molecule has 84 valence electrons. The number of phenolic OH excluding ortho intramolecular Hbond substituents is 1. The first-order valence-corrected chi connectivity index (χ1v) is 5.15. The second kappa shape index (κ2) is 3.72. The summed E-state index contributed by atoms with van der Waals surface area (Å²) < 4.78 is 1.59. The van der Waals surface area contributed by atoms with Crippen LogP contribution in [0.3, 0.4) is 0 Å². The van der Waals surface area contributed by atoms with Gasteiger partial charge in [0.05, 0.1) is 11.2 Å². The summed E-state index contributed by atoms with van der Waals surface area (Å²) in [7, 11) is 1.77. The minimum Gasteiger partial charge on any atom is -0.506 e. The van der Waals surface area contributed by atoms with Crippen LogP contribution in [0.5, 0.6) is 5.75 Å². The molecule has 0 unspecified atom stereocenters. The van der Waals surface area contributed by atoms with Crippen LogP contribution in [0.2, 0.25) is 5.02 Å². The number of rotatable bonds is 1. The van der Waals surface area contributed by atoms with Crippen molar-refractivity contribution in [2.24, 2.45) is 7.05 Å². The van der Waals surface area contributed by atoms with Crippen LogP contribution in [-0.4, -0.2) is 14.9 Å². The zero-order valence-electron chi connectivity index (χ0n) is 9.03. The Bertz CT molecular complexity index is 525. The maximum atomic E-state index is 9.57. The largest absolute Gasteiger partial charge is 0.506 e. The van der Waals surface area contributed by atoms with Gasteiger partial charge in [-0.25, -0.2) is 0 Å². The van der Waals surface area contributed by atoms with Gasteiger partial charge in [0.1, 0.15) is 11.6 Å². The fourth-order valence-electron chi connectivity index (χ4n) is 1.56. The van der Waals surface area contributed by atoms with Crippen LogP contribution in [-0.2, 0) is 7.05 Å². The number of halogens is 1. The molecule has 3 N–H and O–H groups in total. The zero-order chi connectivity index (χ0) is 11.9. The second-order valence-electron chi connectivity index (χ2n) is 3.69. The Morgan fingerprint density at radius 1 is 1.44 bits per heavy atom. The van der Waals surface area contributed by atoms with Gasteiger partial charge in [0.2, 0.25) is 0 Å². The number of hydrogen-bond acceptors (Lipinski definition) is 3. The molecule has 0 bridgehead atoms. The Labute approximate surface area is 98.3 Å². The van der Waals surface area contributed by atoms with Gasteiger partial charge >= 0.3 is 0 Å². The molecule has 0 aliphatic carbocycles. The van der Waals surface area contributed by atoms with E-state index in [-0.39, 0.29) is 5.75 Å². The summed E-state index contributed by atoms with van der Waals surface area (Å²) in [6, 6.07) is 3.51.